The second kappa shape index (κ2) is 14.0. The Kier molecular flexibility index (Phi) is 9.91. The average Bonchev–Trinajstić information content (AvgIpc) is 3.03. The Morgan fingerprint density at radius 3 is 2.67 bits per heavy atom. The first-order valence-corrected chi connectivity index (χ1v) is 14.8. The van der Waals surface area contributed by atoms with Crippen molar-refractivity contribution in [1.82, 2.24) is 20.2 Å². The van der Waals surface area contributed by atoms with E-state index in [4.69, 9.17) is 31.8 Å². The number of anilines is 2. The SMILES string of the molecule is CN=C(C1=C(N)CCc2cnc(Nc3ccc(C(=O)NC4CCN(CCOC)CC4)cc3OC)nc21)c1ccccc1Cl. The zero-order valence-electron chi connectivity index (χ0n) is 24.8. The Morgan fingerprint density at radius 1 is 1.16 bits per heavy atom. The number of hydrogen-bond acceptors (Lipinski definition) is 9. The van der Waals surface area contributed by atoms with Crippen LogP contribution < -0.4 is 21.1 Å². The van der Waals surface area contributed by atoms with Gasteiger partial charge in [0.2, 0.25) is 5.95 Å². The van der Waals surface area contributed by atoms with E-state index in [9.17, 15) is 4.79 Å². The van der Waals surface area contributed by atoms with Crippen LogP contribution in [0.3, 0.4) is 0 Å². The van der Waals surface area contributed by atoms with Gasteiger partial charge in [-0.3, -0.25) is 9.79 Å². The van der Waals surface area contributed by atoms with Gasteiger partial charge in [-0.2, -0.15) is 0 Å². The van der Waals surface area contributed by atoms with Gasteiger partial charge in [0, 0.05) is 73.5 Å². The van der Waals surface area contributed by atoms with Crippen LogP contribution in [0.15, 0.2) is 59.4 Å². The molecule has 2 aliphatic rings. The maximum absolute atomic E-state index is 13.1. The number of fused-ring (bicyclic) bond motifs is 1. The number of allylic oxidation sites excluding steroid dienone is 2. The molecule has 1 saturated heterocycles. The molecule has 1 amide bonds. The molecule has 1 aliphatic carbocycles. The van der Waals surface area contributed by atoms with Crippen molar-refractivity contribution < 1.29 is 14.3 Å². The van der Waals surface area contributed by atoms with Gasteiger partial charge >= 0.3 is 0 Å². The molecule has 0 unspecified atom stereocenters. The zero-order chi connectivity index (χ0) is 30.3. The lowest BCUT2D eigenvalue weighted by Crippen LogP contribution is -2.45. The number of aliphatic imine (C=N–C) groups is 1. The number of aryl methyl sites for hydroxylation is 1. The van der Waals surface area contributed by atoms with E-state index in [1.54, 1.807) is 39.5 Å². The van der Waals surface area contributed by atoms with Gasteiger partial charge in [-0.25, -0.2) is 9.97 Å². The second-order valence-corrected chi connectivity index (χ2v) is 11.0. The number of hydrogen-bond donors (Lipinski definition) is 3. The minimum atomic E-state index is -0.124. The Balaban J connectivity index is 1.33. The van der Waals surface area contributed by atoms with Crippen molar-refractivity contribution in [3.63, 3.8) is 0 Å². The average molecular weight is 604 g/mol. The highest BCUT2D eigenvalue weighted by Gasteiger charge is 2.26. The first-order valence-electron chi connectivity index (χ1n) is 14.5. The Morgan fingerprint density at radius 2 is 1.95 bits per heavy atom. The smallest absolute Gasteiger partial charge is 0.251 e. The standard InChI is InChI=1S/C32H38ClN7O3/c1-35-30(23-6-4-5-7-24(23)33)28-25(34)10-8-21-19-36-32(39-29(21)28)38-26-11-9-20(18-27(26)43-3)31(41)37-22-12-14-40(15-13-22)16-17-42-2/h4-7,9,11,18-19,22H,8,10,12-17,34H2,1-3H3,(H,37,41)(H,36,38,39). The predicted octanol–water partition coefficient (Wildman–Crippen LogP) is 4.46. The van der Waals surface area contributed by atoms with Crippen LogP contribution in [0.4, 0.5) is 11.6 Å². The number of nitrogens with one attached hydrogen (secondary N) is 2. The summed E-state index contributed by atoms with van der Waals surface area (Å²) in [5.41, 5.74) is 12.3. The molecule has 10 nitrogen and oxygen atoms in total. The Bertz CT molecular complexity index is 1530. The van der Waals surface area contributed by atoms with Crippen molar-refractivity contribution in [3.8, 4) is 5.75 Å². The van der Waals surface area contributed by atoms with Gasteiger partial charge in [-0.15, -0.1) is 0 Å². The van der Waals surface area contributed by atoms with Crippen molar-refractivity contribution in [2.75, 3.05) is 52.8 Å². The number of ether oxygens (including phenoxy) is 2. The topological polar surface area (TPSA) is 127 Å². The highest BCUT2D eigenvalue weighted by atomic mass is 35.5. The lowest BCUT2D eigenvalue weighted by Gasteiger charge is -2.32. The molecule has 2 aromatic carbocycles. The molecule has 3 aromatic rings. The normalized spacial score (nSPS) is 16.1. The quantitative estimate of drug-likeness (QED) is 0.290. The van der Waals surface area contributed by atoms with Crippen LogP contribution in [0, 0.1) is 0 Å². The summed E-state index contributed by atoms with van der Waals surface area (Å²) < 4.78 is 10.8. The predicted molar refractivity (Wildman–Crippen MR) is 170 cm³/mol. The van der Waals surface area contributed by atoms with Gasteiger partial charge < -0.3 is 30.7 Å². The molecule has 0 saturated carbocycles. The summed E-state index contributed by atoms with van der Waals surface area (Å²) in [5, 5.41) is 7.02. The molecule has 1 aliphatic heterocycles. The number of aromatic nitrogens is 2. The molecule has 226 valence electrons. The molecule has 1 fully saturated rings. The van der Waals surface area contributed by atoms with E-state index in [0.29, 0.717) is 51.5 Å². The second-order valence-electron chi connectivity index (χ2n) is 10.6. The van der Waals surface area contributed by atoms with E-state index in [2.05, 4.69) is 25.5 Å². The number of nitrogens with zero attached hydrogens (tertiary/aromatic N) is 4. The van der Waals surface area contributed by atoms with Crippen LogP contribution in [0.1, 0.15) is 46.4 Å². The molecule has 4 N–H and O–H groups in total. The van der Waals surface area contributed by atoms with E-state index in [1.807, 2.05) is 30.5 Å². The summed E-state index contributed by atoms with van der Waals surface area (Å²) in [6.45, 7) is 3.51. The Labute approximate surface area is 257 Å². The van der Waals surface area contributed by atoms with Gasteiger partial charge in [0.05, 0.1) is 30.8 Å². The highest BCUT2D eigenvalue weighted by Crippen LogP contribution is 2.34. The molecule has 0 bridgehead atoms. The number of carbonyl (C=O) groups is 1. The molecule has 0 atom stereocenters. The summed E-state index contributed by atoms with van der Waals surface area (Å²) in [7, 11) is 5.01. The molecule has 43 heavy (non-hydrogen) atoms. The van der Waals surface area contributed by atoms with Crippen LogP contribution in [0.25, 0.3) is 5.57 Å². The minimum absolute atomic E-state index is 0.124. The third-order valence-corrected chi connectivity index (χ3v) is 8.25. The fourth-order valence-corrected chi connectivity index (χ4v) is 5.77. The van der Waals surface area contributed by atoms with Crippen LogP contribution in [0.2, 0.25) is 5.02 Å². The van der Waals surface area contributed by atoms with Crippen LogP contribution in [0.5, 0.6) is 5.75 Å². The molecule has 2 heterocycles. The summed E-state index contributed by atoms with van der Waals surface area (Å²) in [5.74, 6) is 0.753. The summed E-state index contributed by atoms with van der Waals surface area (Å²) >= 11 is 6.54. The maximum Gasteiger partial charge on any atom is 0.251 e. The lowest BCUT2D eigenvalue weighted by atomic mass is 9.88. The number of nitrogens with two attached hydrogens (primary N) is 1. The molecular formula is C32H38ClN7O3. The number of amides is 1. The molecule has 0 radical (unpaired) electrons. The first kappa shape index (κ1) is 30.5. The van der Waals surface area contributed by atoms with Gasteiger partial charge in [-0.05, 0) is 55.5 Å². The summed E-state index contributed by atoms with van der Waals surface area (Å²) in [4.78, 5) is 29.4. The van der Waals surface area contributed by atoms with Crippen molar-refractivity contribution in [3.05, 3.63) is 81.8 Å². The third kappa shape index (κ3) is 6.98. The lowest BCUT2D eigenvalue weighted by molar-refractivity contribution is 0.0892. The van der Waals surface area contributed by atoms with Crippen molar-refractivity contribution >= 4 is 40.4 Å². The van der Waals surface area contributed by atoms with Crippen molar-refractivity contribution in [2.24, 2.45) is 10.7 Å². The minimum Gasteiger partial charge on any atom is -0.495 e. The fraction of sp³-hybridized carbons (Fsp3) is 0.375. The zero-order valence-corrected chi connectivity index (χ0v) is 25.6. The number of benzene rings is 2. The monoisotopic (exact) mass is 603 g/mol. The summed E-state index contributed by atoms with van der Waals surface area (Å²) in [6, 6.07) is 13.0. The van der Waals surface area contributed by atoms with Crippen molar-refractivity contribution in [1.29, 1.82) is 0 Å². The largest absolute Gasteiger partial charge is 0.495 e. The number of piperidine rings is 1. The number of rotatable bonds is 10. The third-order valence-electron chi connectivity index (χ3n) is 7.92. The number of halogens is 1. The van der Waals surface area contributed by atoms with E-state index in [-0.39, 0.29) is 11.9 Å². The van der Waals surface area contributed by atoms with Crippen LogP contribution >= 0.6 is 11.6 Å². The highest BCUT2D eigenvalue weighted by molar-refractivity contribution is 6.40. The van der Waals surface area contributed by atoms with Gasteiger partial charge in [-0.1, -0.05) is 29.8 Å². The van der Waals surface area contributed by atoms with E-state index >= 15 is 0 Å². The number of methoxy groups -OCH3 is 2. The molecular weight excluding hydrogens is 566 g/mol. The summed E-state index contributed by atoms with van der Waals surface area (Å²) in [6.07, 6.45) is 5.02. The molecule has 0 spiro atoms. The first-order chi connectivity index (χ1) is 20.9. The molecule has 1 aromatic heterocycles. The molecule has 5 rings (SSSR count). The maximum atomic E-state index is 13.1. The van der Waals surface area contributed by atoms with Gasteiger partial charge in [0.15, 0.2) is 0 Å². The van der Waals surface area contributed by atoms with E-state index in [0.717, 1.165) is 62.2 Å². The Hall–Kier alpha value is -3.99. The van der Waals surface area contributed by atoms with Crippen LogP contribution in [-0.2, 0) is 11.2 Å². The van der Waals surface area contributed by atoms with Crippen molar-refractivity contribution in [2.45, 2.75) is 31.7 Å². The van der Waals surface area contributed by atoms with E-state index in [1.165, 1.54) is 0 Å². The van der Waals surface area contributed by atoms with E-state index < -0.39 is 0 Å². The molecule has 11 heteroatoms. The fourth-order valence-electron chi connectivity index (χ4n) is 5.54. The number of likely N-dealkylation sites (tertiary alicyclic amines) is 1. The van der Waals surface area contributed by atoms with Gasteiger partial charge in [0.25, 0.3) is 5.91 Å². The van der Waals surface area contributed by atoms with Crippen LogP contribution in [-0.4, -0.2) is 80.0 Å². The van der Waals surface area contributed by atoms with Gasteiger partial charge in [0.1, 0.15) is 5.75 Å². The number of carbonyl (C=O) groups excluding carboxylic acids is 1.